The van der Waals surface area contributed by atoms with Gasteiger partial charge in [-0.3, -0.25) is 9.59 Å². The highest BCUT2D eigenvalue weighted by molar-refractivity contribution is 7.88. The molecule has 1 atom stereocenters. The Morgan fingerprint density at radius 3 is 1.84 bits per heavy atom. The maximum absolute atomic E-state index is 14.1. The number of halogens is 2. The van der Waals surface area contributed by atoms with Crippen molar-refractivity contribution in [2.45, 2.75) is 32.1 Å². The zero-order chi connectivity index (χ0) is 30.8. The molecule has 43 heavy (non-hydrogen) atoms. The third kappa shape index (κ3) is 9.66. The highest BCUT2D eigenvalue weighted by atomic mass is 35.5. The number of nitrogens with zero attached hydrogens (tertiary/aromatic N) is 2. The van der Waals surface area contributed by atoms with E-state index < -0.39 is 34.4 Å². The van der Waals surface area contributed by atoms with Gasteiger partial charge in [-0.05, 0) is 34.4 Å². The minimum atomic E-state index is -3.76. The lowest BCUT2D eigenvalue weighted by Crippen LogP contribution is -2.53. The van der Waals surface area contributed by atoms with Crippen molar-refractivity contribution in [3.8, 4) is 0 Å². The topological polar surface area (TPSA) is 86.8 Å². The molecule has 0 fully saturated rings. The van der Waals surface area contributed by atoms with Crippen LogP contribution in [0.5, 0.6) is 0 Å². The molecule has 4 aromatic rings. The fraction of sp³-hybridized carbons (Fsp3) is 0.212. The predicted molar refractivity (Wildman–Crippen MR) is 171 cm³/mol. The number of hydrogen-bond donors (Lipinski definition) is 1. The minimum Gasteiger partial charge on any atom is -0.350 e. The van der Waals surface area contributed by atoms with Gasteiger partial charge in [0, 0.05) is 36.1 Å². The normalized spacial score (nSPS) is 12.1. The second-order valence-corrected chi connectivity index (χ2v) is 13.0. The van der Waals surface area contributed by atoms with Gasteiger partial charge in [0.05, 0.1) is 12.8 Å². The van der Waals surface area contributed by atoms with Crippen molar-refractivity contribution in [1.82, 2.24) is 14.5 Å². The number of amides is 2. The van der Waals surface area contributed by atoms with Crippen LogP contribution >= 0.6 is 23.2 Å². The summed E-state index contributed by atoms with van der Waals surface area (Å²) in [5.41, 5.74) is 3.07. The first-order chi connectivity index (χ1) is 20.6. The lowest BCUT2D eigenvalue weighted by Gasteiger charge is -2.33. The summed E-state index contributed by atoms with van der Waals surface area (Å²) in [6, 6.07) is 31.8. The van der Waals surface area contributed by atoms with Gasteiger partial charge in [0.15, 0.2) is 0 Å². The van der Waals surface area contributed by atoms with E-state index in [9.17, 15) is 18.0 Å². The van der Waals surface area contributed by atoms with Gasteiger partial charge in [0.1, 0.15) is 6.04 Å². The maximum Gasteiger partial charge on any atom is 0.243 e. The summed E-state index contributed by atoms with van der Waals surface area (Å²) in [7, 11) is -3.76. The fourth-order valence-electron chi connectivity index (χ4n) is 4.62. The monoisotopic (exact) mass is 637 g/mol. The second-order valence-electron chi connectivity index (χ2n) is 10.2. The zero-order valence-electron chi connectivity index (χ0n) is 23.7. The van der Waals surface area contributed by atoms with Crippen molar-refractivity contribution in [3.05, 3.63) is 141 Å². The van der Waals surface area contributed by atoms with E-state index in [1.54, 1.807) is 30.3 Å². The smallest absolute Gasteiger partial charge is 0.243 e. The molecule has 0 aromatic heterocycles. The van der Waals surface area contributed by atoms with Gasteiger partial charge in [0.25, 0.3) is 0 Å². The van der Waals surface area contributed by atoms with E-state index in [0.29, 0.717) is 15.6 Å². The standard InChI is InChI=1S/C33H33Cl2N3O4S/c1-43(41,42)37(22-26-13-7-3-8-14-26)24-32(39)38(23-27-15-9-4-10-16-27)31(19-25-11-5-2-6-12-25)33(40)36-21-28-17-18-29(34)20-30(28)35/h2-18,20,31H,19,21-24H2,1H3,(H,36,40)/t31-/m1/s1. The van der Waals surface area contributed by atoms with E-state index in [2.05, 4.69) is 5.32 Å². The van der Waals surface area contributed by atoms with Gasteiger partial charge >= 0.3 is 0 Å². The number of carbonyl (C=O) groups is 2. The minimum absolute atomic E-state index is 0.0230. The average molecular weight is 639 g/mol. The molecule has 224 valence electrons. The van der Waals surface area contributed by atoms with Crippen molar-refractivity contribution in [3.63, 3.8) is 0 Å². The molecule has 4 aromatic carbocycles. The Bertz CT molecular complexity index is 1620. The van der Waals surface area contributed by atoms with E-state index in [0.717, 1.165) is 27.3 Å². The molecule has 0 saturated heterocycles. The Morgan fingerprint density at radius 1 is 0.767 bits per heavy atom. The number of rotatable bonds is 13. The molecular weight excluding hydrogens is 605 g/mol. The number of hydrogen-bond acceptors (Lipinski definition) is 4. The summed E-state index contributed by atoms with van der Waals surface area (Å²) in [4.78, 5) is 29.5. The summed E-state index contributed by atoms with van der Waals surface area (Å²) >= 11 is 12.4. The Hall–Kier alpha value is -3.69. The van der Waals surface area contributed by atoms with Gasteiger partial charge in [-0.2, -0.15) is 4.31 Å². The van der Waals surface area contributed by atoms with Crippen LogP contribution in [0.25, 0.3) is 0 Å². The van der Waals surface area contributed by atoms with Crippen molar-refractivity contribution >= 4 is 45.0 Å². The molecule has 1 N–H and O–H groups in total. The molecule has 0 bridgehead atoms. The quantitative estimate of drug-likeness (QED) is 0.203. The van der Waals surface area contributed by atoms with Crippen molar-refractivity contribution in [2.24, 2.45) is 0 Å². The number of benzene rings is 4. The van der Waals surface area contributed by atoms with Gasteiger partial charge in [0.2, 0.25) is 21.8 Å². The van der Waals surface area contributed by atoms with Crippen molar-refractivity contribution in [1.29, 1.82) is 0 Å². The van der Waals surface area contributed by atoms with Crippen LogP contribution < -0.4 is 5.32 Å². The Kier molecular flexibility index (Phi) is 11.4. The van der Waals surface area contributed by atoms with Crippen LogP contribution in [0.1, 0.15) is 22.3 Å². The fourth-order valence-corrected chi connectivity index (χ4v) is 5.82. The SMILES string of the molecule is CS(=O)(=O)N(CC(=O)N(Cc1ccccc1)[C@H](Cc1ccccc1)C(=O)NCc1ccc(Cl)cc1Cl)Cc1ccccc1. The lowest BCUT2D eigenvalue weighted by atomic mass is 10.0. The van der Waals surface area contributed by atoms with E-state index in [-0.39, 0.29) is 26.1 Å². The molecule has 0 aliphatic heterocycles. The lowest BCUT2D eigenvalue weighted by molar-refractivity contribution is -0.141. The van der Waals surface area contributed by atoms with E-state index in [1.165, 1.54) is 4.90 Å². The number of nitrogens with one attached hydrogen (secondary N) is 1. The molecule has 10 heteroatoms. The van der Waals surface area contributed by atoms with Crippen LogP contribution in [0, 0.1) is 0 Å². The number of carbonyl (C=O) groups excluding carboxylic acids is 2. The molecule has 4 rings (SSSR count). The summed E-state index contributed by atoms with van der Waals surface area (Å²) in [5.74, 6) is -0.890. The van der Waals surface area contributed by atoms with Gasteiger partial charge < -0.3 is 10.2 Å². The second kappa shape index (κ2) is 15.2. The molecule has 2 amide bonds. The van der Waals surface area contributed by atoms with Gasteiger partial charge in [-0.15, -0.1) is 0 Å². The molecule has 7 nitrogen and oxygen atoms in total. The molecule has 0 saturated carbocycles. The summed E-state index contributed by atoms with van der Waals surface area (Å²) in [6.45, 7) is -0.177. The highest BCUT2D eigenvalue weighted by Crippen LogP contribution is 2.22. The van der Waals surface area contributed by atoms with Gasteiger partial charge in [-0.1, -0.05) is 120 Å². The molecule has 0 aliphatic rings. The predicted octanol–water partition coefficient (Wildman–Crippen LogP) is 5.71. The van der Waals surface area contributed by atoms with E-state index in [4.69, 9.17) is 23.2 Å². The average Bonchev–Trinajstić information content (AvgIpc) is 2.99. The van der Waals surface area contributed by atoms with Crippen molar-refractivity contribution in [2.75, 3.05) is 12.8 Å². The first-order valence-electron chi connectivity index (χ1n) is 13.7. The Labute approximate surface area is 263 Å². The largest absolute Gasteiger partial charge is 0.350 e. The first kappa shape index (κ1) is 32.2. The molecule has 0 spiro atoms. The highest BCUT2D eigenvalue weighted by Gasteiger charge is 2.33. The van der Waals surface area contributed by atoms with Crippen LogP contribution in [0.2, 0.25) is 10.0 Å². The van der Waals surface area contributed by atoms with Gasteiger partial charge in [-0.25, -0.2) is 8.42 Å². The molecule has 0 unspecified atom stereocenters. The van der Waals surface area contributed by atoms with Crippen LogP contribution in [-0.4, -0.2) is 48.3 Å². The molecule has 0 heterocycles. The third-order valence-corrected chi connectivity index (χ3v) is 8.70. The van der Waals surface area contributed by atoms with Crippen LogP contribution in [0.4, 0.5) is 0 Å². The Morgan fingerprint density at radius 2 is 1.30 bits per heavy atom. The van der Waals surface area contributed by atoms with E-state index >= 15 is 0 Å². The van der Waals surface area contributed by atoms with E-state index in [1.807, 2.05) is 78.9 Å². The molecular formula is C33H33Cl2N3O4S. The Balaban J connectivity index is 1.67. The summed E-state index contributed by atoms with van der Waals surface area (Å²) < 4.78 is 26.8. The molecule has 0 radical (unpaired) electrons. The van der Waals surface area contributed by atoms with Crippen LogP contribution in [0.3, 0.4) is 0 Å². The number of sulfonamides is 1. The van der Waals surface area contributed by atoms with Crippen LogP contribution in [-0.2, 0) is 45.7 Å². The third-order valence-electron chi connectivity index (χ3n) is 6.92. The molecule has 0 aliphatic carbocycles. The van der Waals surface area contributed by atoms with Crippen LogP contribution in [0.15, 0.2) is 109 Å². The summed E-state index contributed by atoms with van der Waals surface area (Å²) in [6.07, 6.45) is 1.30. The zero-order valence-corrected chi connectivity index (χ0v) is 26.0. The first-order valence-corrected chi connectivity index (χ1v) is 16.3. The maximum atomic E-state index is 14.1. The van der Waals surface area contributed by atoms with Crippen molar-refractivity contribution < 1.29 is 18.0 Å². The summed E-state index contributed by atoms with van der Waals surface area (Å²) in [5, 5.41) is 3.82.